The van der Waals surface area contributed by atoms with Gasteiger partial charge in [0.2, 0.25) is 5.91 Å². The van der Waals surface area contributed by atoms with Crippen LogP contribution < -0.4 is 16.0 Å². The third-order valence-corrected chi connectivity index (χ3v) is 4.63. The standard InChI is InChI=1S/C23H23FN4O2/c1-15-7-3-6-10-19(15)28-22-20(13-17(14-26-22)23(30)25-2)27-21(29)12-11-16-8-4-5-9-18(16)24/h3-10,13-14H,11-12H2,1-2H3,(H,25,30)(H,26,28)(H,27,29). The molecule has 7 heteroatoms. The summed E-state index contributed by atoms with van der Waals surface area (Å²) in [6.07, 6.45) is 1.80. The van der Waals surface area contributed by atoms with Gasteiger partial charge >= 0.3 is 0 Å². The maximum absolute atomic E-state index is 13.8. The van der Waals surface area contributed by atoms with Crippen molar-refractivity contribution in [3.8, 4) is 0 Å². The fraction of sp³-hybridized carbons (Fsp3) is 0.174. The topological polar surface area (TPSA) is 83.1 Å². The van der Waals surface area contributed by atoms with E-state index in [0.717, 1.165) is 11.3 Å². The normalized spacial score (nSPS) is 10.4. The number of rotatable bonds is 7. The van der Waals surface area contributed by atoms with E-state index in [1.54, 1.807) is 24.3 Å². The highest BCUT2D eigenvalue weighted by Gasteiger charge is 2.14. The Bertz CT molecular complexity index is 1070. The molecule has 3 aromatic rings. The molecule has 0 bridgehead atoms. The number of nitrogens with one attached hydrogen (secondary N) is 3. The van der Waals surface area contributed by atoms with Crippen molar-refractivity contribution in [1.29, 1.82) is 0 Å². The number of anilines is 3. The van der Waals surface area contributed by atoms with Gasteiger partial charge in [0.25, 0.3) is 5.91 Å². The van der Waals surface area contributed by atoms with E-state index >= 15 is 0 Å². The molecule has 154 valence electrons. The second-order valence-electron chi connectivity index (χ2n) is 6.78. The van der Waals surface area contributed by atoms with Gasteiger partial charge in [-0.3, -0.25) is 9.59 Å². The molecule has 0 saturated heterocycles. The molecular weight excluding hydrogens is 383 g/mol. The molecule has 0 aliphatic heterocycles. The van der Waals surface area contributed by atoms with Crippen LogP contribution in [0.4, 0.5) is 21.6 Å². The lowest BCUT2D eigenvalue weighted by atomic mass is 10.1. The Hall–Kier alpha value is -3.74. The van der Waals surface area contributed by atoms with Crippen LogP contribution in [-0.2, 0) is 11.2 Å². The summed E-state index contributed by atoms with van der Waals surface area (Å²) in [6, 6.07) is 15.6. The molecule has 3 rings (SSSR count). The van der Waals surface area contributed by atoms with Crippen LogP contribution in [0.5, 0.6) is 0 Å². The SMILES string of the molecule is CNC(=O)c1cnc(Nc2ccccc2C)c(NC(=O)CCc2ccccc2F)c1. The molecule has 30 heavy (non-hydrogen) atoms. The Morgan fingerprint density at radius 2 is 1.77 bits per heavy atom. The summed E-state index contributed by atoms with van der Waals surface area (Å²) in [7, 11) is 1.52. The number of aryl methyl sites for hydroxylation is 2. The number of amides is 2. The van der Waals surface area contributed by atoms with Crippen LogP contribution >= 0.6 is 0 Å². The number of hydrogen-bond donors (Lipinski definition) is 3. The van der Waals surface area contributed by atoms with Crippen molar-refractivity contribution in [3.63, 3.8) is 0 Å². The number of benzene rings is 2. The van der Waals surface area contributed by atoms with Crippen LogP contribution in [0.3, 0.4) is 0 Å². The average molecular weight is 406 g/mol. The Labute approximate surface area is 174 Å². The molecule has 1 aromatic heterocycles. The fourth-order valence-corrected chi connectivity index (χ4v) is 2.93. The van der Waals surface area contributed by atoms with Crippen molar-refractivity contribution < 1.29 is 14.0 Å². The van der Waals surface area contributed by atoms with E-state index in [9.17, 15) is 14.0 Å². The molecule has 0 aliphatic rings. The fourth-order valence-electron chi connectivity index (χ4n) is 2.93. The van der Waals surface area contributed by atoms with Gasteiger partial charge in [-0.05, 0) is 42.7 Å². The van der Waals surface area contributed by atoms with Crippen LogP contribution in [0, 0.1) is 12.7 Å². The number of aromatic nitrogens is 1. The summed E-state index contributed by atoms with van der Waals surface area (Å²) in [4.78, 5) is 28.9. The van der Waals surface area contributed by atoms with Gasteiger partial charge in [0.15, 0.2) is 5.82 Å². The summed E-state index contributed by atoms with van der Waals surface area (Å²) in [6.45, 7) is 1.95. The molecule has 1 heterocycles. The Kier molecular flexibility index (Phi) is 6.75. The zero-order valence-corrected chi connectivity index (χ0v) is 16.8. The van der Waals surface area contributed by atoms with Crippen LogP contribution in [0.2, 0.25) is 0 Å². The lowest BCUT2D eigenvalue weighted by Crippen LogP contribution is -2.20. The van der Waals surface area contributed by atoms with Gasteiger partial charge < -0.3 is 16.0 Å². The highest BCUT2D eigenvalue weighted by molar-refractivity contribution is 5.99. The summed E-state index contributed by atoms with van der Waals surface area (Å²) in [5.74, 6) is -0.541. The Balaban J connectivity index is 1.81. The number of carbonyl (C=O) groups excluding carboxylic acids is 2. The van der Waals surface area contributed by atoms with Gasteiger partial charge in [-0.25, -0.2) is 9.37 Å². The largest absolute Gasteiger partial charge is 0.355 e. The Morgan fingerprint density at radius 3 is 2.50 bits per heavy atom. The van der Waals surface area contributed by atoms with Gasteiger partial charge in [0.05, 0.1) is 11.3 Å². The lowest BCUT2D eigenvalue weighted by molar-refractivity contribution is -0.116. The van der Waals surface area contributed by atoms with Crippen LogP contribution in [0.25, 0.3) is 0 Å². The van der Waals surface area contributed by atoms with E-state index in [1.807, 2.05) is 31.2 Å². The van der Waals surface area contributed by atoms with Gasteiger partial charge in [-0.1, -0.05) is 36.4 Å². The summed E-state index contributed by atoms with van der Waals surface area (Å²) in [5.41, 5.74) is 3.00. The van der Waals surface area contributed by atoms with E-state index in [1.165, 1.54) is 19.3 Å². The molecule has 2 amide bonds. The predicted octanol–water partition coefficient (Wildman–Crippen LogP) is 4.20. The first-order chi connectivity index (χ1) is 14.5. The molecular formula is C23H23FN4O2. The summed E-state index contributed by atoms with van der Waals surface area (Å²) >= 11 is 0. The van der Waals surface area contributed by atoms with Gasteiger partial charge in [0.1, 0.15) is 5.82 Å². The monoisotopic (exact) mass is 406 g/mol. The first-order valence-corrected chi connectivity index (χ1v) is 9.56. The second-order valence-corrected chi connectivity index (χ2v) is 6.78. The molecule has 3 N–H and O–H groups in total. The smallest absolute Gasteiger partial charge is 0.252 e. The zero-order chi connectivity index (χ0) is 21.5. The molecule has 6 nitrogen and oxygen atoms in total. The minimum atomic E-state index is -0.338. The number of pyridine rings is 1. The van der Waals surface area contributed by atoms with E-state index in [2.05, 4.69) is 20.9 Å². The van der Waals surface area contributed by atoms with Gasteiger partial charge in [-0.2, -0.15) is 0 Å². The molecule has 0 unspecified atom stereocenters. The maximum Gasteiger partial charge on any atom is 0.252 e. The van der Waals surface area contributed by atoms with E-state index in [4.69, 9.17) is 0 Å². The first kappa shape index (κ1) is 21.0. The average Bonchev–Trinajstić information content (AvgIpc) is 2.75. The molecule has 2 aromatic carbocycles. The summed E-state index contributed by atoms with van der Waals surface area (Å²) < 4.78 is 13.8. The predicted molar refractivity (Wildman–Crippen MR) is 115 cm³/mol. The molecule has 0 atom stereocenters. The zero-order valence-electron chi connectivity index (χ0n) is 16.8. The first-order valence-electron chi connectivity index (χ1n) is 9.56. The summed E-state index contributed by atoms with van der Waals surface area (Å²) in [5, 5.41) is 8.53. The second kappa shape index (κ2) is 9.65. The van der Waals surface area contributed by atoms with Crippen molar-refractivity contribution in [2.75, 3.05) is 17.7 Å². The number of para-hydroxylation sites is 1. The number of nitrogens with zero attached hydrogens (tertiary/aromatic N) is 1. The number of carbonyl (C=O) groups is 2. The van der Waals surface area contributed by atoms with Crippen molar-refractivity contribution in [1.82, 2.24) is 10.3 Å². The van der Waals surface area contributed by atoms with Crippen molar-refractivity contribution in [2.45, 2.75) is 19.8 Å². The highest BCUT2D eigenvalue weighted by Crippen LogP contribution is 2.26. The van der Waals surface area contributed by atoms with E-state index in [0.29, 0.717) is 22.6 Å². The van der Waals surface area contributed by atoms with E-state index < -0.39 is 0 Å². The lowest BCUT2D eigenvalue weighted by Gasteiger charge is -2.15. The molecule has 0 radical (unpaired) electrons. The molecule has 0 spiro atoms. The number of halogens is 1. The number of hydrogen-bond acceptors (Lipinski definition) is 4. The molecule has 0 fully saturated rings. The van der Waals surface area contributed by atoms with Crippen molar-refractivity contribution >= 4 is 29.0 Å². The third kappa shape index (κ3) is 5.20. The van der Waals surface area contributed by atoms with Crippen molar-refractivity contribution in [2.24, 2.45) is 0 Å². The minimum absolute atomic E-state index is 0.0922. The van der Waals surface area contributed by atoms with Gasteiger partial charge in [-0.15, -0.1) is 0 Å². The maximum atomic E-state index is 13.8. The van der Waals surface area contributed by atoms with Crippen LogP contribution in [-0.4, -0.2) is 23.8 Å². The van der Waals surface area contributed by atoms with Crippen LogP contribution in [0.1, 0.15) is 27.9 Å². The van der Waals surface area contributed by atoms with Crippen molar-refractivity contribution in [3.05, 3.63) is 83.3 Å². The van der Waals surface area contributed by atoms with Crippen LogP contribution in [0.15, 0.2) is 60.8 Å². The third-order valence-electron chi connectivity index (χ3n) is 4.63. The molecule has 0 aliphatic carbocycles. The highest BCUT2D eigenvalue weighted by atomic mass is 19.1. The molecule has 0 saturated carbocycles. The quantitative estimate of drug-likeness (QED) is 0.549. The van der Waals surface area contributed by atoms with Gasteiger partial charge in [0, 0.05) is 25.4 Å². The Morgan fingerprint density at radius 1 is 1.03 bits per heavy atom. The minimum Gasteiger partial charge on any atom is -0.355 e. The van der Waals surface area contributed by atoms with E-state index in [-0.39, 0.29) is 30.5 Å².